The van der Waals surface area contributed by atoms with Crippen molar-refractivity contribution in [1.29, 1.82) is 0 Å². The number of allylic oxidation sites excluding steroid dienone is 2. The van der Waals surface area contributed by atoms with Crippen LogP contribution < -0.4 is 30.1 Å². The molecule has 3 aliphatic rings. The van der Waals surface area contributed by atoms with Crippen LogP contribution in [-0.4, -0.2) is 0 Å². The van der Waals surface area contributed by atoms with Crippen LogP contribution in [-0.2, 0) is 19.2 Å². The second-order valence-corrected chi connectivity index (χ2v) is 11.6. The van der Waals surface area contributed by atoms with Crippen molar-refractivity contribution >= 4 is 25.4 Å². The smallest absolute Gasteiger partial charge is 1.00 e. The molecule has 0 N–H and O–H groups in total. The summed E-state index contributed by atoms with van der Waals surface area (Å²) in [7, 11) is -0.387. The first-order valence-electron chi connectivity index (χ1n) is 9.12. The van der Waals surface area contributed by atoms with Crippen LogP contribution >= 0.6 is 7.92 Å². The Kier molecular flexibility index (Phi) is 5.72. The number of hydrogen-bond acceptors (Lipinski definition) is 0. The van der Waals surface area contributed by atoms with Crippen LogP contribution in [0.15, 0.2) is 89.5 Å². The molecular formula is C24H17Cl2PTi. The molecule has 0 radical (unpaired) electrons. The van der Waals surface area contributed by atoms with Crippen LogP contribution in [0.5, 0.6) is 0 Å². The van der Waals surface area contributed by atoms with E-state index in [1.165, 1.54) is 16.4 Å². The molecule has 136 valence electrons. The Morgan fingerprint density at radius 3 is 1.57 bits per heavy atom. The van der Waals surface area contributed by atoms with Crippen molar-refractivity contribution in [2.75, 3.05) is 0 Å². The first-order chi connectivity index (χ1) is 12.9. The van der Waals surface area contributed by atoms with Crippen molar-refractivity contribution in [3.05, 3.63) is 112 Å². The molecule has 4 heteroatoms. The minimum Gasteiger partial charge on any atom is -1.00 e. The number of rotatable bonds is 1. The summed E-state index contributed by atoms with van der Waals surface area (Å²) in [5, 5.41) is 4.94. The zero-order valence-electron chi connectivity index (χ0n) is 15.0. The van der Waals surface area contributed by atoms with Gasteiger partial charge in [-0.1, -0.05) is 0 Å². The first-order valence-corrected chi connectivity index (χ1v) is 12.3. The van der Waals surface area contributed by atoms with Gasteiger partial charge >= 0.3 is 165 Å². The second kappa shape index (κ2) is 7.94. The van der Waals surface area contributed by atoms with Crippen LogP contribution in [0.25, 0.3) is 12.2 Å². The van der Waals surface area contributed by atoms with E-state index in [9.17, 15) is 0 Å². The van der Waals surface area contributed by atoms with Gasteiger partial charge < -0.3 is 24.8 Å². The van der Waals surface area contributed by atoms with Crippen LogP contribution in [0.4, 0.5) is 0 Å². The van der Waals surface area contributed by atoms with Gasteiger partial charge in [-0.2, -0.15) is 0 Å². The summed E-state index contributed by atoms with van der Waals surface area (Å²) in [4.78, 5) is 0. The summed E-state index contributed by atoms with van der Waals surface area (Å²) in [5.74, 6) is 0. The van der Waals surface area contributed by atoms with Gasteiger partial charge in [-0.3, -0.25) is 0 Å². The molecule has 3 aromatic carbocycles. The van der Waals surface area contributed by atoms with E-state index in [2.05, 4.69) is 91.0 Å². The average Bonchev–Trinajstić information content (AvgIpc) is 3.25. The topological polar surface area (TPSA) is 0 Å². The molecule has 2 atom stereocenters. The van der Waals surface area contributed by atoms with Crippen LogP contribution in [0.3, 0.4) is 0 Å². The minimum atomic E-state index is -0.387. The van der Waals surface area contributed by atoms with E-state index in [1.54, 1.807) is 21.8 Å². The van der Waals surface area contributed by atoms with Crippen LogP contribution in [0, 0.1) is 0 Å². The molecule has 1 saturated heterocycles. The maximum Gasteiger partial charge on any atom is -1.00 e. The number of halogens is 2. The first kappa shape index (κ1) is 20.1. The third-order valence-electron chi connectivity index (χ3n) is 5.68. The molecule has 1 heterocycles. The van der Waals surface area contributed by atoms with E-state index in [0.717, 1.165) is 0 Å². The molecule has 2 aliphatic carbocycles. The maximum absolute atomic E-state index is 2.53. The SMILES string of the molecule is C1=C2[CH]([Ti+2][CH]3C(=Cc4ccccc43)P2c2ccccc2)c2ccccc21.[Cl-].[Cl-]. The largest absolute Gasteiger partial charge is 1.00 e. The molecule has 0 amide bonds. The maximum atomic E-state index is 2.53. The van der Waals surface area contributed by atoms with E-state index < -0.39 is 0 Å². The summed E-state index contributed by atoms with van der Waals surface area (Å²) < 4.78 is 1.40. The third kappa shape index (κ3) is 2.99. The summed E-state index contributed by atoms with van der Waals surface area (Å²) in [6.07, 6.45) is 5.06. The molecule has 2 unspecified atom stereocenters. The molecule has 0 spiro atoms. The third-order valence-corrected chi connectivity index (χ3v) is 12.0. The number of benzene rings is 3. The summed E-state index contributed by atoms with van der Waals surface area (Å²) in [5.41, 5.74) is 6.12. The van der Waals surface area contributed by atoms with Crippen LogP contribution in [0.1, 0.15) is 30.7 Å². The Morgan fingerprint density at radius 1 is 0.571 bits per heavy atom. The van der Waals surface area contributed by atoms with E-state index in [4.69, 9.17) is 0 Å². The Labute approximate surface area is 188 Å². The Morgan fingerprint density at radius 2 is 1.04 bits per heavy atom. The van der Waals surface area contributed by atoms with Crippen molar-refractivity contribution in [2.45, 2.75) is 8.45 Å². The predicted molar refractivity (Wildman–Crippen MR) is 107 cm³/mol. The number of hydrogen-bond donors (Lipinski definition) is 0. The van der Waals surface area contributed by atoms with Gasteiger partial charge in [0.05, 0.1) is 0 Å². The zero-order valence-corrected chi connectivity index (χ0v) is 19.0. The molecule has 0 saturated carbocycles. The Balaban J connectivity index is 0.000000961. The van der Waals surface area contributed by atoms with Gasteiger partial charge in [0.2, 0.25) is 0 Å². The van der Waals surface area contributed by atoms with Gasteiger partial charge in [0.25, 0.3) is 0 Å². The van der Waals surface area contributed by atoms with Gasteiger partial charge in [-0.15, -0.1) is 0 Å². The summed E-state index contributed by atoms with van der Waals surface area (Å²) >= 11 is -0.155. The molecule has 0 aromatic heterocycles. The number of fused-ring (bicyclic) bond motifs is 6. The zero-order chi connectivity index (χ0) is 17.1. The van der Waals surface area contributed by atoms with E-state index in [-0.39, 0.29) is 51.9 Å². The fourth-order valence-corrected chi connectivity index (χ4v) is 11.8. The molecule has 6 rings (SSSR count). The van der Waals surface area contributed by atoms with Gasteiger partial charge in [0, 0.05) is 0 Å². The minimum absolute atomic E-state index is 0. The molecule has 3 aromatic rings. The van der Waals surface area contributed by atoms with E-state index in [0.29, 0.717) is 8.45 Å². The van der Waals surface area contributed by atoms with Gasteiger partial charge in [0.1, 0.15) is 0 Å². The van der Waals surface area contributed by atoms with E-state index in [1.807, 2.05) is 0 Å². The quantitative estimate of drug-likeness (QED) is 0.361. The van der Waals surface area contributed by atoms with Gasteiger partial charge in [-0.25, -0.2) is 0 Å². The molecule has 28 heavy (non-hydrogen) atoms. The van der Waals surface area contributed by atoms with Gasteiger partial charge in [0.15, 0.2) is 0 Å². The molecule has 0 nitrogen and oxygen atoms in total. The fraction of sp³-hybridized carbons (Fsp3) is 0.0833. The second-order valence-electron chi connectivity index (χ2n) is 7.10. The standard InChI is InChI=1S/C24H17P.2ClH.Ti/c1-2-12-22(13-3-1)25(23-14-18-8-4-5-9-19(18)15-23)24-16-20-10-6-7-11-21(20)17-24;;;/h1-17H;2*1H;/q;;;+2/p-2. The molecule has 1 aliphatic heterocycles. The Hall–Kier alpha value is -1.14. The van der Waals surface area contributed by atoms with Crippen molar-refractivity contribution in [3.8, 4) is 0 Å². The van der Waals surface area contributed by atoms with Crippen molar-refractivity contribution < 1.29 is 44.0 Å². The summed E-state index contributed by atoms with van der Waals surface area (Å²) in [6, 6.07) is 29.4. The van der Waals surface area contributed by atoms with Crippen molar-refractivity contribution in [2.24, 2.45) is 0 Å². The van der Waals surface area contributed by atoms with Crippen molar-refractivity contribution in [3.63, 3.8) is 0 Å². The molecule has 1 fully saturated rings. The molecular weight excluding hydrogens is 438 g/mol. The van der Waals surface area contributed by atoms with Crippen molar-refractivity contribution in [1.82, 2.24) is 0 Å². The molecule has 0 bridgehead atoms. The predicted octanol–water partition coefficient (Wildman–Crippen LogP) is 0.0895. The summed E-state index contributed by atoms with van der Waals surface area (Å²) in [6.45, 7) is 0. The normalized spacial score (nSPS) is 22.5. The van der Waals surface area contributed by atoms with Crippen LogP contribution in [0.2, 0.25) is 0 Å². The fourth-order valence-electron chi connectivity index (χ4n) is 4.54. The average molecular weight is 455 g/mol. The van der Waals surface area contributed by atoms with Gasteiger partial charge in [-0.05, 0) is 0 Å². The Bertz CT molecular complexity index is 1020. The monoisotopic (exact) mass is 454 g/mol. The van der Waals surface area contributed by atoms with E-state index >= 15 is 0 Å².